The second-order valence-electron chi connectivity index (χ2n) is 21.4. The second-order valence-corrected chi connectivity index (χ2v) is 21.4. The highest BCUT2D eigenvalue weighted by Gasteiger charge is 2.40. The largest absolute Gasteiger partial charge is 0.456 e. The second kappa shape index (κ2) is 18.3. The van der Waals surface area contributed by atoms with Gasteiger partial charge in [-0.1, -0.05) is 206 Å². The third-order valence-corrected chi connectivity index (χ3v) is 16.9. The number of benzene rings is 11. The molecule has 0 saturated carbocycles. The number of hydrogen-bond acceptors (Lipinski definition) is 5. The minimum Gasteiger partial charge on any atom is -0.456 e. The first-order valence-electron chi connectivity index (χ1n) is 28.0. The quantitative estimate of drug-likeness (QED) is 0.152. The number of nitrogens with zero attached hydrogens (tertiary/aromatic N) is 6. The molecule has 0 N–H and O–H groups in total. The van der Waals surface area contributed by atoms with E-state index in [1.54, 1.807) is 0 Å². The summed E-state index contributed by atoms with van der Waals surface area (Å²) in [5.41, 5.74) is 19.0. The molecular weight excluding hydrogens is 1000 g/mol. The van der Waals surface area contributed by atoms with Gasteiger partial charge in [0.15, 0.2) is 17.5 Å². The summed E-state index contributed by atoms with van der Waals surface area (Å²) in [5, 5.41) is 6.92. The van der Waals surface area contributed by atoms with E-state index in [0.717, 1.165) is 83.3 Å². The highest BCUT2D eigenvalue weighted by atomic mass is 16.3. The lowest BCUT2D eigenvalue weighted by Crippen LogP contribution is -2.28. The molecule has 0 saturated heterocycles. The Bertz CT molecular complexity index is 5040. The lowest BCUT2D eigenvalue weighted by atomic mass is 9.90. The third kappa shape index (κ3) is 7.06. The van der Waals surface area contributed by atoms with Crippen LogP contribution in [0.3, 0.4) is 0 Å². The van der Waals surface area contributed by atoms with Gasteiger partial charge in [0.1, 0.15) is 11.2 Å². The smallest absolute Gasteiger partial charge is 0.164 e. The van der Waals surface area contributed by atoms with Crippen LogP contribution in [0.25, 0.3) is 133 Å². The average Bonchev–Trinajstić information content (AvgIpc) is 2.58. The molecule has 15 aromatic rings. The van der Waals surface area contributed by atoms with Crippen molar-refractivity contribution in [1.29, 1.82) is 0 Å². The Balaban J connectivity index is 0.959. The van der Waals surface area contributed by atoms with E-state index in [4.69, 9.17) is 19.4 Å². The van der Waals surface area contributed by atoms with Crippen LogP contribution in [0.15, 0.2) is 284 Å². The van der Waals surface area contributed by atoms with Gasteiger partial charge in [-0.15, -0.1) is 0 Å². The molecule has 5 heterocycles. The van der Waals surface area contributed by atoms with E-state index < -0.39 is 0 Å². The summed E-state index contributed by atoms with van der Waals surface area (Å²) in [6, 6.07) is 91.2. The van der Waals surface area contributed by atoms with E-state index in [-0.39, 0.29) is 12.0 Å². The summed E-state index contributed by atoms with van der Waals surface area (Å²) in [4.78, 5) is 18.5. The van der Waals surface area contributed by atoms with E-state index in [9.17, 15) is 0 Å². The Morgan fingerprint density at radius 1 is 0.354 bits per heavy atom. The van der Waals surface area contributed by atoms with Crippen LogP contribution in [-0.4, -0.2) is 30.1 Å². The van der Waals surface area contributed by atoms with E-state index in [1.807, 2.05) is 36.4 Å². The van der Waals surface area contributed by atoms with Crippen molar-refractivity contribution in [3.05, 3.63) is 285 Å². The maximum Gasteiger partial charge on any atom is 0.164 e. The molecule has 1 aliphatic carbocycles. The predicted molar refractivity (Wildman–Crippen MR) is 336 cm³/mol. The standard InChI is InChI=1S/C75H48N6O/c1-6-22-47(23-7-1)60-44-51(75-77-73(49-26-10-3-11-27-49)76-74(78-75)50-38-39-55-54-32-18-21-37-66(54)82-67(55)46-50)45-61(48-24-8-2-9-25-48)70(60)81-63-36-20-17-34-59(63)69-65(81)43-41-57-56-40-42-64-68(71(56)80(72(57)69)53-30-14-5-15-31-53)58-33-16-19-35-62(58)79(64)52-28-12-4-13-29-52/h1-46,58,62H. The molecule has 2 atom stereocenters. The zero-order valence-corrected chi connectivity index (χ0v) is 44.3. The first-order chi connectivity index (χ1) is 40.7. The fraction of sp³-hybridized carbons (Fsp3) is 0.0267. The van der Waals surface area contributed by atoms with Crippen molar-refractivity contribution in [2.75, 3.05) is 4.90 Å². The highest BCUT2D eigenvalue weighted by Crippen LogP contribution is 2.54. The van der Waals surface area contributed by atoms with Gasteiger partial charge in [0.05, 0.1) is 33.8 Å². The lowest BCUT2D eigenvalue weighted by molar-refractivity contribution is 0.669. The maximum atomic E-state index is 6.43. The van der Waals surface area contributed by atoms with Crippen molar-refractivity contribution in [1.82, 2.24) is 24.1 Å². The molecular formula is C75H48N6O. The molecule has 384 valence electrons. The molecule has 0 amide bonds. The number of furan rings is 1. The van der Waals surface area contributed by atoms with Gasteiger partial charge >= 0.3 is 0 Å². The van der Waals surface area contributed by atoms with E-state index in [0.29, 0.717) is 17.5 Å². The van der Waals surface area contributed by atoms with E-state index in [1.165, 1.54) is 49.5 Å². The minimum atomic E-state index is 0.133. The molecule has 17 rings (SSSR count). The first kappa shape index (κ1) is 46.1. The van der Waals surface area contributed by atoms with Gasteiger partial charge in [0.2, 0.25) is 0 Å². The van der Waals surface area contributed by atoms with Crippen molar-refractivity contribution >= 4 is 76.9 Å². The van der Waals surface area contributed by atoms with Gasteiger partial charge in [-0.3, -0.25) is 0 Å². The van der Waals surface area contributed by atoms with Gasteiger partial charge in [0, 0.05) is 88.7 Å². The number of anilines is 2. The first-order valence-corrected chi connectivity index (χ1v) is 28.0. The number of para-hydroxylation sites is 4. The number of rotatable bonds is 8. The van der Waals surface area contributed by atoms with Gasteiger partial charge in [-0.2, -0.15) is 0 Å². The molecule has 0 spiro atoms. The molecule has 4 aromatic heterocycles. The van der Waals surface area contributed by atoms with Gasteiger partial charge < -0.3 is 18.5 Å². The van der Waals surface area contributed by atoms with Crippen molar-refractivity contribution < 1.29 is 4.42 Å². The molecule has 0 fully saturated rings. The van der Waals surface area contributed by atoms with Crippen LogP contribution in [-0.2, 0) is 0 Å². The minimum absolute atomic E-state index is 0.133. The Morgan fingerprint density at radius 3 is 1.60 bits per heavy atom. The molecule has 2 unspecified atom stereocenters. The van der Waals surface area contributed by atoms with Crippen molar-refractivity contribution in [3.8, 4) is 67.8 Å². The van der Waals surface area contributed by atoms with Gasteiger partial charge in [0.25, 0.3) is 0 Å². The molecule has 7 heteroatoms. The van der Waals surface area contributed by atoms with Crippen LogP contribution in [0.1, 0.15) is 11.5 Å². The summed E-state index contributed by atoms with van der Waals surface area (Å²) >= 11 is 0. The van der Waals surface area contributed by atoms with Crippen LogP contribution >= 0.6 is 0 Å². The Labute approximate surface area is 472 Å². The molecule has 2 aliphatic rings. The summed E-state index contributed by atoms with van der Waals surface area (Å²) in [6.07, 6.45) is 9.21. The molecule has 7 nitrogen and oxygen atoms in total. The van der Waals surface area contributed by atoms with Crippen molar-refractivity contribution in [3.63, 3.8) is 0 Å². The monoisotopic (exact) mass is 1050 g/mol. The summed E-state index contributed by atoms with van der Waals surface area (Å²) in [7, 11) is 0. The van der Waals surface area contributed by atoms with Crippen molar-refractivity contribution in [2.24, 2.45) is 0 Å². The molecule has 82 heavy (non-hydrogen) atoms. The van der Waals surface area contributed by atoms with E-state index >= 15 is 0 Å². The Morgan fingerprint density at radius 2 is 0.890 bits per heavy atom. The van der Waals surface area contributed by atoms with Gasteiger partial charge in [-0.05, 0) is 83.9 Å². The number of hydrogen-bond donors (Lipinski definition) is 0. The normalized spacial score (nSPS) is 14.7. The fourth-order valence-electron chi connectivity index (χ4n) is 13.3. The summed E-state index contributed by atoms with van der Waals surface area (Å²) in [6.45, 7) is 0. The van der Waals surface area contributed by atoms with Crippen LogP contribution in [0, 0.1) is 0 Å². The zero-order valence-electron chi connectivity index (χ0n) is 44.3. The maximum absolute atomic E-state index is 6.43. The third-order valence-electron chi connectivity index (χ3n) is 16.9. The van der Waals surface area contributed by atoms with Crippen molar-refractivity contribution in [2.45, 2.75) is 12.0 Å². The summed E-state index contributed by atoms with van der Waals surface area (Å²) < 4.78 is 11.5. The highest BCUT2D eigenvalue weighted by molar-refractivity contribution is 6.27. The van der Waals surface area contributed by atoms with Crippen LogP contribution in [0.2, 0.25) is 0 Å². The molecule has 0 radical (unpaired) electrons. The number of aromatic nitrogens is 5. The molecule has 11 aromatic carbocycles. The summed E-state index contributed by atoms with van der Waals surface area (Å²) in [5.74, 6) is 1.84. The molecule has 1 aliphatic heterocycles. The Hall–Kier alpha value is -10.9. The predicted octanol–water partition coefficient (Wildman–Crippen LogP) is 19.0. The number of fused-ring (bicyclic) bond motifs is 14. The van der Waals surface area contributed by atoms with Crippen LogP contribution < -0.4 is 4.90 Å². The molecule has 0 bridgehead atoms. The van der Waals surface area contributed by atoms with Crippen LogP contribution in [0.4, 0.5) is 11.4 Å². The SMILES string of the molecule is C1=CC2c3c(ccc4c5ccc6c(c7ccccc7n6-c6c(-c7ccccc7)cc(-c7nc(-c8ccccc8)nc(-c8ccc9c(c8)oc8ccccc89)n7)cc6-c6ccccc6)c5n(-c5ccccc5)c34)N(c3ccccc3)C2C=C1. The van der Waals surface area contributed by atoms with Crippen LogP contribution in [0.5, 0.6) is 0 Å². The Kier molecular flexibility index (Phi) is 10.3. The topological polar surface area (TPSA) is 64.9 Å². The zero-order chi connectivity index (χ0) is 53.8. The fourth-order valence-corrected chi connectivity index (χ4v) is 13.3. The average molecular weight is 1050 g/mol. The van der Waals surface area contributed by atoms with Gasteiger partial charge in [-0.25, -0.2) is 15.0 Å². The number of allylic oxidation sites excluding steroid dienone is 2. The lowest BCUT2D eigenvalue weighted by Gasteiger charge is -2.28. The van der Waals surface area contributed by atoms with E-state index in [2.05, 4.69) is 257 Å².